The first-order valence-corrected chi connectivity index (χ1v) is 19.7. The summed E-state index contributed by atoms with van der Waals surface area (Å²) in [6, 6.07) is 12.0. The molecule has 2 bridgehead atoms. The Morgan fingerprint density at radius 2 is 1.91 bits per heavy atom. The van der Waals surface area contributed by atoms with E-state index < -0.39 is 15.8 Å². The quantitative estimate of drug-likeness (QED) is 0.406. The van der Waals surface area contributed by atoms with Gasteiger partial charge in [-0.05, 0) is 117 Å². The van der Waals surface area contributed by atoms with Crippen LogP contribution in [-0.4, -0.2) is 89.4 Å². The van der Waals surface area contributed by atoms with E-state index in [-0.39, 0.29) is 34.4 Å². The maximum atomic E-state index is 14.0. The molecule has 2 aromatic carbocycles. The van der Waals surface area contributed by atoms with E-state index in [0.717, 1.165) is 81.2 Å². The monoisotopic (exact) mass is 683 g/mol. The molecule has 2 aromatic rings. The number of carbonyl (C=O) groups excluding carboxylic acids is 1. The van der Waals surface area contributed by atoms with Crippen LogP contribution in [-0.2, 0) is 26.3 Å². The number of aliphatic hydroxyl groups is 1. The average Bonchev–Trinajstić information content (AvgIpc) is 3.18. The van der Waals surface area contributed by atoms with Crippen molar-refractivity contribution in [2.45, 2.75) is 81.6 Å². The summed E-state index contributed by atoms with van der Waals surface area (Å²) in [5, 5.41) is 12.3. The Bertz CT molecular complexity index is 1600. The number of hydrogen-bond donors (Lipinski definition) is 2. The molecule has 47 heavy (non-hydrogen) atoms. The SMILES string of the molecule is C=S1(=O)NC(=O)c2ccc3c(c2)N(C[C@@H]2CC[C@H]2[C@H](O)C[C@H](N2CCOCC2)C[C@H](C)[C@H]1C)C[C@@]1(CCCc2cc(Cl)ccc21)CO3. The fraction of sp³-hybridized carbons (Fsp3) is 0.622. The summed E-state index contributed by atoms with van der Waals surface area (Å²) in [4.78, 5) is 18.6. The standard InChI is InChI=1S/C37H50ClN3O5S/c1-24-17-30(40-13-15-45-16-14-40)20-34(42)31-9-6-28(31)21-41-22-37(12-4-5-26-18-29(38)8-10-32(26)37)23-46-35-11-7-27(19-33(35)41)36(43)39-47(3,44)25(24)2/h7-8,10-11,18-19,24-25,28,30-31,34,42H,3-6,9,12-17,20-23H2,1-2H3,(H,39,43,44)/t24-,25+,28-,30+,31+,34+,37-,47?/m0/s1. The second-order valence-corrected chi connectivity index (χ2v) is 17.8. The van der Waals surface area contributed by atoms with Crippen molar-refractivity contribution < 1.29 is 23.6 Å². The van der Waals surface area contributed by atoms with Gasteiger partial charge in [-0.3, -0.25) is 14.4 Å². The molecule has 3 heterocycles. The molecule has 3 aliphatic heterocycles. The first-order valence-electron chi connectivity index (χ1n) is 17.5. The van der Waals surface area contributed by atoms with Crippen molar-refractivity contribution in [2.75, 3.05) is 50.9 Å². The minimum Gasteiger partial charge on any atom is -0.490 e. The maximum Gasteiger partial charge on any atom is 0.262 e. The summed E-state index contributed by atoms with van der Waals surface area (Å²) in [6.07, 6.45) is 6.13. The fourth-order valence-electron chi connectivity index (χ4n) is 8.96. The Balaban J connectivity index is 1.27. The molecule has 256 valence electrons. The highest BCUT2D eigenvalue weighted by molar-refractivity contribution is 7.99. The van der Waals surface area contributed by atoms with Crippen molar-refractivity contribution in [1.29, 1.82) is 0 Å². The van der Waals surface area contributed by atoms with Gasteiger partial charge in [0.1, 0.15) is 5.75 Å². The lowest BCUT2D eigenvalue weighted by Gasteiger charge is -2.47. The lowest BCUT2D eigenvalue weighted by Crippen LogP contribution is -2.51. The van der Waals surface area contributed by atoms with Gasteiger partial charge in [0.15, 0.2) is 0 Å². The zero-order valence-electron chi connectivity index (χ0n) is 27.8. The molecule has 1 saturated carbocycles. The Hall–Kier alpha value is -2.30. The zero-order chi connectivity index (χ0) is 32.9. The van der Waals surface area contributed by atoms with Crippen LogP contribution in [0.5, 0.6) is 5.75 Å². The molecular formula is C37H50ClN3O5S. The van der Waals surface area contributed by atoms with Gasteiger partial charge in [0.2, 0.25) is 0 Å². The normalized spacial score (nSPS) is 36.7. The Morgan fingerprint density at radius 3 is 2.68 bits per heavy atom. The number of morpholine rings is 1. The predicted molar refractivity (Wildman–Crippen MR) is 189 cm³/mol. The number of hydrogen-bond acceptors (Lipinski definition) is 7. The molecule has 2 aliphatic carbocycles. The molecule has 1 unspecified atom stereocenters. The number of fused-ring (bicyclic) bond motifs is 4. The lowest BCUT2D eigenvalue weighted by molar-refractivity contribution is -0.0324. The molecule has 1 spiro atoms. The van der Waals surface area contributed by atoms with Gasteiger partial charge in [-0.25, -0.2) is 4.21 Å². The van der Waals surface area contributed by atoms with Gasteiger partial charge in [-0.1, -0.05) is 24.6 Å². The molecule has 5 aliphatic rings. The number of amides is 1. The minimum absolute atomic E-state index is 0.0193. The second-order valence-electron chi connectivity index (χ2n) is 15.0. The number of nitrogens with one attached hydrogen (secondary N) is 1. The third kappa shape index (κ3) is 6.55. The number of nitrogens with zero attached hydrogens (tertiary/aromatic N) is 2. The number of carbonyl (C=O) groups is 1. The van der Waals surface area contributed by atoms with E-state index in [1.165, 1.54) is 11.1 Å². The van der Waals surface area contributed by atoms with Gasteiger partial charge in [0.25, 0.3) is 5.91 Å². The highest BCUT2D eigenvalue weighted by atomic mass is 35.5. The summed E-state index contributed by atoms with van der Waals surface area (Å²) < 4.78 is 29.2. The maximum absolute atomic E-state index is 14.0. The van der Waals surface area contributed by atoms with Crippen LogP contribution in [0.15, 0.2) is 36.4 Å². The molecule has 0 radical (unpaired) electrons. The third-order valence-corrected chi connectivity index (χ3v) is 14.5. The fourth-order valence-corrected chi connectivity index (χ4v) is 10.6. The summed E-state index contributed by atoms with van der Waals surface area (Å²) in [6.45, 7) is 9.09. The van der Waals surface area contributed by atoms with Crippen LogP contribution in [0.3, 0.4) is 0 Å². The molecule has 7 rings (SSSR count). The smallest absolute Gasteiger partial charge is 0.262 e. The number of anilines is 1. The van der Waals surface area contributed by atoms with Crippen molar-refractivity contribution >= 4 is 38.8 Å². The molecule has 1 saturated heterocycles. The van der Waals surface area contributed by atoms with Crippen LogP contribution in [0, 0.1) is 17.8 Å². The second kappa shape index (κ2) is 13.2. The van der Waals surface area contributed by atoms with Crippen LogP contribution in [0.25, 0.3) is 0 Å². The van der Waals surface area contributed by atoms with Crippen LogP contribution in [0.1, 0.15) is 73.9 Å². The predicted octanol–water partition coefficient (Wildman–Crippen LogP) is 5.08. The van der Waals surface area contributed by atoms with Crippen molar-refractivity contribution in [3.05, 3.63) is 58.1 Å². The summed E-state index contributed by atoms with van der Waals surface area (Å²) in [7, 11) is -2.97. The van der Waals surface area contributed by atoms with E-state index in [0.29, 0.717) is 37.7 Å². The first-order chi connectivity index (χ1) is 22.5. The van der Waals surface area contributed by atoms with Crippen molar-refractivity contribution in [2.24, 2.45) is 17.8 Å². The van der Waals surface area contributed by atoms with Crippen LogP contribution in [0.4, 0.5) is 5.69 Å². The van der Waals surface area contributed by atoms with Crippen molar-refractivity contribution in [3.63, 3.8) is 0 Å². The molecule has 1 amide bonds. The molecule has 8 nitrogen and oxygen atoms in total. The van der Waals surface area contributed by atoms with Crippen LogP contribution in [0.2, 0.25) is 5.02 Å². The van der Waals surface area contributed by atoms with Gasteiger partial charge in [-0.15, -0.1) is 0 Å². The van der Waals surface area contributed by atoms with Gasteiger partial charge in [0.05, 0.1) is 41.3 Å². The molecule has 2 N–H and O–H groups in total. The number of benzene rings is 2. The molecule has 0 aromatic heterocycles. The van der Waals surface area contributed by atoms with Crippen molar-refractivity contribution in [1.82, 2.24) is 9.62 Å². The summed E-state index contributed by atoms with van der Waals surface area (Å²) in [5.41, 5.74) is 3.68. The first kappa shape index (κ1) is 33.2. The van der Waals surface area contributed by atoms with E-state index in [4.69, 9.17) is 21.1 Å². The van der Waals surface area contributed by atoms with Gasteiger partial charge < -0.3 is 19.5 Å². The lowest BCUT2D eigenvalue weighted by atomic mass is 9.67. The highest BCUT2D eigenvalue weighted by Crippen LogP contribution is 2.47. The largest absolute Gasteiger partial charge is 0.490 e. The van der Waals surface area contributed by atoms with E-state index in [1.54, 1.807) is 6.07 Å². The number of aryl methyl sites for hydroxylation is 1. The van der Waals surface area contributed by atoms with Crippen molar-refractivity contribution in [3.8, 4) is 5.75 Å². The number of aliphatic hydroxyl groups excluding tert-OH is 1. The van der Waals surface area contributed by atoms with E-state index >= 15 is 0 Å². The van der Waals surface area contributed by atoms with Gasteiger partial charge in [0, 0.05) is 53.5 Å². The van der Waals surface area contributed by atoms with E-state index in [9.17, 15) is 14.1 Å². The molecule has 8 atom stereocenters. The van der Waals surface area contributed by atoms with Crippen LogP contribution < -0.4 is 14.4 Å². The molecule has 10 heteroatoms. The Kier molecular flexibility index (Phi) is 9.33. The Labute approximate surface area is 285 Å². The zero-order valence-corrected chi connectivity index (χ0v) is 29.4. The molecule has 2 fully saturated rings. The summed E-state index contributed by atoms with van der Waals surface area (Å²) in [5.74, 6) is 4.98. The van der Waals surface area contributed by atoms with Crippen LogP contribution >= 0.6 is 11.6 Å². The highest BCUT2D eigenvalue weighted by Gasteiger charge is 2.45. The summed E-state index contributed by atoms with van der Waals surface area (Å²) >= 11 is 6.45. The Morgan fingerprint density at radius 1 is 1.11 bits per heavy atom. The number of halogens is 1. The molecular weight excluding hydrogens is 634 g/mol. The topological polar surface area (TPSA) is 91.3 Å². The number of ether oxygens (including phenoxy) is 2. The third-order valence-electron chi connectivity index (χ3n) is 12.1. The average molecular weight is 684 g/mol. The van der Waals surface area contributed by atoms with E-state index in [2.05, 4.69) is 39.4 Å². The van der Waals surface area contributed by atoms with E-state index in [1.807, 2.05) is 25.1 Å². The number of rotatable bonds is 1. The van der Waals surface area contributed by atoms with Gasteiger partial charge in [-0.2, -0.15) is 0 Å². The van der Waals surface area contributed by atoms with Gasteiger partial charge >= 0.3 is 0 Å². The minimum atomic E-state index is -2.97.